The zero-order chi connectivity index (χ0) is 13.7. The van der Waals surface area contributed by atoms with E-state index < -0.39 is 22.9 Å². The minimum atomic E-state index is -1.07. The van der Waals surface area contributed by atoms with Gasteiger partial charge in [-0.1, -0.05) is 47.0 Å². The summed E-state index contributed by atoms with van der Waals surface area (Å²) in [4.78, 5) is 11.5. The molecule has 2 N–H and O–H groups in total. The topological polar surface area (TPSA) is 57.5 Å². The van der Waals surface area contributed by atoms with Crippen LogP contribution in [-0.4, -0.2) is 22.3 Å². The van der Waals surface area contributed by atoms with E-state index in [9.17, 15) is 15.0 Å². The van der Waals surface area contributed by atoms with Gasteiger partial charge in [0.25, 0.3) is 0 Å². The molecule has 102 valence electrons. The number of rotatable bonds is 8. The molecule has 2 atom stereocenters. The Morgan fingerprint density at radius 3 is 2.06 bits per heavy atom. The number of carbonyl (C=O) groups is 1. The van der Waals surface area contributed by atoms with Crippen LogP contribution in [0.1, 0.15) is 66.7 Å². The van der Waals surface area contributed by atoms with E-state index in [0.29, 0.717) is 6.42 Å². The molecule has 0 saturated carbocycles. The van der Waals surface area contributed by atoms with E-state index in [4.69, 9.17) is 0 Å². The van der Waals surface area contributed by atoms with Crippen molar-refractivity contribution in [3.63, 3.8) is 0 Å². The fourth-order valence-electron chi connectivity index (χ4n) is 2.37. The van der Waals surface area contributed by atoms with E-state index in [0.717, 1.165) is 25.7 Å². The van der Waals surface area contributed by atoms with Crippen LogP contribution in [0.15, 0.2) is 0 Å². The molecule has 0 radical (unpaired) electrons. The lowest BCUT2D eigenvalue weighted by atomic mass is 9.61. The number of carboxylic acids is 1. The van der Waals surface area contributed by atoms with Crippen molar-refractivity contribution in [2.45, 2.75) is 72.8 Å². The molecule has 0 aliphatic heterocycles. The molecule has 3 nitrogen and oxygen atoms in total. The predicted octanol–water partition coefficient (Wildman–Crippen LogP) is 3.45. The first-order chi connectivity index (χ1) is 7.74. The maximum Gasteiger partial charge on any atom is 0.312 e. The number of aliphatic hydroxyl groups is 1. The van der Waals surface area contributed by atoms with Crippen LogP contribution in [0, 0.1) is 10.8 Å². The van der Waals surface area contributed by atoms with Crippen molar-refractivity contribution in [2.24, 2.45) is 10.8 Å². The highest BCUT2D eigenvalue weighted by Crippen LogP contribution is 2.46. The maximum atomic E-state index is 11.5. The predicted molar refractivity (Wildman–Crippen MR) is 70.0 cm³/mol. The monoisotopic (exact) mass is 244 g/mol. The number of carboxylic acid groups (broad SMARTS) is 1. The second-order valence-corrected chi connectivity index (χ2v) is 5.77. The molecule has 0 bridgehead atoms. The minimum absolute atomic E-state index is 0.399. The molecule has 0 aliphatic rings. The van der Waals surface area contributed by atoms with Crippen molar-refractivity contribution in [2.75, 3.05) is 0 Å². The van der Waals surface area contributed by atoms with Crippen LogP contribution in [-0.2, 0) is 4.79 Å². The lowest BCUT2D eigenvalue weighted by Crippen LogP contribution is -2.50. The quantitative estimate of drug-likeness (QED) is 0.643. The van der Waals surface area contributed by atoms with Gasteiger partial charge >= 0.3 is 5.97 Å². The lowest BCUT2D eigenvalue weighted by Gasteiger charge is -2.44. The number of unbranched alkanes of at least 4 members (excludes halogenated alkanes) is 2. The summed E-state index contributed by atoms with van der Waals surface area (Å²) in [6, 6.07) is 0. The van der Waals surface area contributed by atoms with Crippen molar-refractivity contribution in [3.8, 4) is 0 Å². The van der Waals surface area contributed by atoms with Gasteiger partial charge in [-0.2, -0.15) is 0 Å². The molecule has 0 rings (SSSR count). The zero-order valence-electron chi connectivity index (χ0n) is 11.9. The Labute approximate surface area is 105 Å². The molecule has 0 heterocycles. The summed E-state index contributed by atoms with van der Waals surface area (Å²) in [5.74, 6) is -0.895. The van der Waals surface area contributed by atoms with Crippen molar-refractivity contribution in [1.82, 2.24) is 0 Å². The SMILES string of the molecule is CCCCCC(C)(C)C(C)(C(=O)O)C(O)CC. The average molecular weight is 244 g/mol. The summed E-state index contributed by atoms with van der Waals surface area (Å²) in [5, 5.41) is 19.5. The van der Waals surface area contributed by atoms with Gasteiger partial charge in [0, 0.05) is 0 Å². The molecule has 3 heteroatoms. The lowest BCUT2D eigenvalue weighted by molar-refractivity contribution is -0.168. The van der Waals surface area contributed by atoms with Gasteiger partial charge in [-0.25, -0.2) is 0 Å². The van der Waals surface area contributed by atoms with E-state index in [1.54, 1.807) is 6.92 Å². The zero-order valence-corrected chi connectivity index (χ0v) is 11.9. The largest absolute Gasteiger partial charge is 0.481 e. The summed E-state index contributed by atoms with van der Waals surface area (Å²) in [6.07, 6.45) is 3.76. The smallest absolute Gasteiger partial charge is 0.312 e. The second-order valence-electron chi connectivity index (χ2n) is 5.77. The summed E-state index contributed by atoms with van der Waals surface area (Å²) in [7, 11) is 0. The molecular weight excluding hydrogens is 216 g/mol. The molecular formula is C14H28O3. The van der Waals surface area contributed by atoms with Gasteiger partial charge in [-0.15, -0.1) is 0 Å². The first kappa shape index (κ1) is 16.4. The Morgan fingerprint density at radius 1 is 1.18 bits per heavy atom. The van der Waals surface area contributed by atoms with Gasteiger partial charge < -0.3 is 10.2 Å². The minimum Gasteiger partial charge on any atom is -0.481 e. The third-order valence-electron chi connectivity index (χ3n) is 4.31. The first-order valence-corrected chi connectivity index (χ1v) is 6.65. The van der Waals surface area contributed by atoms with Crippen LogP contribution in [0.5, 0.6) is 0 Å². The summed E-state index contributed by atoms with van der Waals surface area (Å²) >= 11 is 0. The van der Waals surface area contributed by atoms with Crippen molar-refractivity contribution >= 4 is 5.97 Å². The first-order valence-electron chi connectivity index (χ1n) is 6.65. The number of aliphatic carboxylic acids is 1. The normalized spacial score (nSPS) is 17.5. The van der Waals surface area contributed by atoms with Crippen LogP contribution >= 0.6 is 0 Å². The number of hydrogen-bond acceptors (Lipinski definition) is 2. The van der Waals surface area contributed by atoms with E-state index in [1.165, 1.54) is 0 Å². The fraction of sp³-hybridized carbons (Fsp3) is 0.929. The van der Waals surface area contributed by atoms with E-state index in [1.807, 2.05) is 20.8 Å². The third kappa shape index (κ3) is 3.44. The Kier molecular flexibility index (Phi) is 6.17. The molecule has 2 unspecified atom stereocenters. The molecule has 0 amide bonds. The van der Waals surface area contributed by atoms with Crippen LogP contribution in [0.4, 0.5) is 0 Å². The Hall–Kier alpha value is -0.570. The van der Waals surface area contributed by atoms with Gasteiger partial charge in [-0.3, -0.25) is 4.79 Å². The van der Waals surface area contributed by atoms with Gasteiger partial charge in [0.2, 0.25) is 0 Å². The van der Waals surface area contributed by atoms with Crippen LogP contribution in [0.3, 0.4) is 0 Å². The van der Waals surface area contributed by atoms with Crippen molar-refractivity contribution in [1.29, 1.82) is 0 Å². The van der Waals surface area contributed by atoms with E-state index >= 15 is 0 Å². The molecule has 0 aromatic rings. The van der Waals surface area contributed by atoms with Gasteiger partial charge in [0.05, 0.1) is 11.5 Å². The highest BCUT2D eigenvalue weighted by Gasteiger charge is 2.51. The van der Waals surface area contributed by atoms with Gasteiger partial charge in [0.1, 0.15) is 0 Å². The molecule has 0 fully saturated rings. The van der Waals surface area contributed by atoms with E-state index in [2.05, 4.69) is 6.92 Å². The highest BCUT2D eigenvalue weighted by molar-refractivity contribution is 5.76. The van der Waals surface area contributed by atoms with Crippen molar-refractivity contribution < 1.29 is 15.0 Å². The Morgan fingerprint density at radius 2 is 1.71 bits per heavy atom. The summed E-state index contributed by atoms with van der Waals surface area (Å²) < 4.78 is 0. The van der Waals surface area contributed by atoms with Crippen LogP contribution in [0.2, 0.25) is 0 Å². The standard InChI is InChI=1S/C14H28O3/c1-6-8-9-10-13(3,4)14(5,12(16)17)11(15)7-2/h11,15H,6-10H2,1-5H3,(H,16,17). The second kappa shape index (κ2) is 6.39. The molecule has 0 aromatic carbocycles. The molecule has 0 spiro atoms. The Bertz CT molecular complexity index is 248. The van der Waals surface area contributed by atoms with Crippen LogP contribution in [0.25, 0.3) is 0 Å². The summed E-state index contributed by atoms with van der Waals surface area (Å²) in [5.41, 5.74) is -1.47. The maximum absolute atomic E-state index is 11.5. The number of aliphatic hydroxyl groups excluding tert-OH is 1. The van der Waals surface area contributed by atoms with Crippen molar-refractivity contribution in [3.05, 3.63) is 0 Å². The van der Waals surface area contributed by atoms with E-state index in [-0.39, 0.29) is 0 Å². The molecule has 0 aliphatic carbocycles. The fourth-order valence-corrected chi connectivity index (χ4v) is 2.37. The molecule has 17 heavy (non-hydrogen) atoms. The van der Waals surface area contributed by atoms with Gasteiger partial charge in [-0.05, 0) is 25.2 Å². The van der Waals surface area contributed by atoms with Gasteiger partial charge in [0.15, 0.2) is 0 Å². The summed E-state index contributed by atoms with van der Waals surface area (Å²) in [6.45, 7) is 9.54. The molecule has 0 saturated heterocycles. The van der Waals surface area contributed by atoms with Crippen LogP contribution < -0.4 is 0 Å². The average Bonchev–Trinajstić information content (AvgIpc) is 2.26. The molecule has 0 aromatic heterocycles. The Balaban J connectivity index is 4.96. The third-order valence-corrected chi connectivity index (χ3v) is 4.31. The highest BCUT2D eigenvalue weighted by atomic mass is 16.4. The number of hydrogen-bond donors (Lipinski definition) is 2.